The Labute approximate surface area is 121 Å². The molecule has 2 rings (SSSR count). The molecule has 8 heteroatoms. The Morgan fingerprint density at radius 3 is 2.33 bits per heavy atom. The normalized spacial score (nSPS) is 11.2. The third-order valence-electron chi connectivity index (χ3n) is 2.92. The van der Waals surface area contributed by atoms with Crippen LogP contribution in [0, 0.1) is 17.5 Å². The molecule has 0 saturated carbocycles. The van der Waals surface area contributed by atoms with Crippen molar-refractivity contribution in [1.82, 2.24) is 9.55 Å². The summed E-state index contributed by atoms with van der Waals surface area (Å²) in [5.74, 6) is -5.17. The molecule has 0 radical (unpaired) electrons. The topological polar surface area (TPSA) is 54.9 Å². The highest BCUT2D eigenvalue weighted by molar-refractivity contribution is 6.30. The maximum atomic E-state index is 13.8. The van der Waals surface area contributed by atoms with Gasteiger partial charge in [-0.05, 0) is 18.1 Å². The van der Waals surface area contributed by atoms with Gasteiger partial charge in [0.15, 0.2) is 17.5 Å². The molecule has 1 aromatic carbocycles. The molecule has 0 amide bonds. The average molecular weight is 319 g/mol. The molecular weight excluding hydrogens is 309 g/mol. The molecule has 0 aliphatic carbocycles. The van der Waals surface area contributed by atoms with E-state index in [1.165, 1.54) is 0 Å². The number of halogens is 4. The lowest BCUT2D eigenvalue weighted by Crippen LogP contribution is -2.37. The minimum absolute atomic E-state index is 0.0420. The molecule has 0 aliphatic rings. The number of aromatic amines is 1. The van der Waals surface area contributed by atoms with Gasteiger partial charge in [0, 0.05) is 0 Å². The lowest BCUT2D eigenvalue weighted by atomic mass is 10.1. The highest BCUT2D eigenvalue weighted by Crippen LogP contribution is 2.20. The van der Waals surface area contributed by atoms with E-state index in [9.17, 15) is 22.8 Å². The third kappa shape index (κ3) is 2.49. The van der Waals surface area contributed by atoms with Gasteiger partial charge < -0.3 is 0 Å². The molecule has 112 valence electrons. The molecule has 2 aromatic rings. The summed E-state index contributed by atoms with van der Waals surface area (Å²) >= 11 is 5.79. The van der Waals surface area contributed by atoms with Gasteiger partial charge in [-0.3, -0.25) is 9.78 Å². The summed E-state index contributed by atoms with van der Waals surface area (Å²) in [6.45, 7) is 3.29. The minimum Gasteiger partial charge on any atom is -0.297 e. The maximum Gasteiger partial charge on any atom is 0.334 e. The Hall–Kier alpha value is -2.02. The number of hydrogen-bond acceptors (Lipinski definition) is 2. The number of aromatic nitrogens is 2. The van der Waals surface area contributed by atoms with Crippen LogP contribution in [0.5, 0.6) is 0 Å². The molecule has 0 atom stereocenters. The number of hydrogen-bond donors (Lipinski definition) is 1. The van der Waals surface area contributed by atoms with Gasteiger partial charge in [-0.1, -0.05) is 25.4 Å². The minimum atomic E-state index is -1.76. The van der Waals surface area contributed by atoms with Gasteiger partial charge in [0.05, 0.1) is 11.3 Å². The fraction of sp³-hybridized carbons (Fsp3) is 0.231. The Morgan fingerprint density at radius 2 is 1.76 bits per heavy atom. The third-order valence-corrected chi connectivity index (χ3v) is 3.22. The Morgan fingerprint density at radius 1 is 1.14 bits per heavy atom. The number of benzene rings is 1. The molecule has 4 nitrogen and oxygen atoms in total. The zero-order valence-corrected chi connectivity index (χ0v) is 11.8. The molecule has 0 aliphatic heterocycles. The van der Waals surface area contributed by atoms with Crippen molar-refractivity contribution in [3.05, 3.63) is 61.1 Å². The van der Waals surface area contributed by atoms with Gasteiger partial charge in [-0.2, -0.15) is 0 Å². The van der Waals surface area contributed by atoms with E-state index in [2.05, 4.69) is 4.98 Å². The van der Waals surface area contributed by atoms with Crippen LogP contribution < -0.4 is 11.2 Å². The summed E-state index contributed by atoms with van der Waals surface area (Å²) in [4.78, 5) is 26.3. The van der Waals surface area contributed by atoms with Gasteiger partial charge in [0.25, 0.3) is 5.56 Å². The van der Waals surface area contributed by atoms with Crippen LogP contribution in [-0.4, -0.2) is 9.55 Å². The van der Waals surface area contributed by atoms with Crippen molar-refractivity contribution in [3.63, 3.8) is 0 Å². The summed E-state index contributed by atoms with van der Waals surface area (Å²) in [5.41, 5.74) is -2.57. The van der Waals surface area contributed by atoms with E-state index in [1.807, 2.05) is 0 Å². The lowest BCUT2D eigenvalue weighted by molar-refractivity contribution is 0.443. The van der Waals surface area contributed by atoms with Crippen molar-refractivity contribution in [1.29, 1.82) is 0 Å². The Kier molecular flexibility index (Phi) is 3.95. The van der Waals surface area contributed by atoms with Gasteiger partial charge in [-0.15, -0.1) is 0 Å². The van der Waals surface area contributed by atoms with Crippen molar-refractivity contribution in [2.24, 2.45) is 0 Å². The first-order chi connectivity index (χ1) is 9.75. The van der Waals surface area contributed by atoms with E-state index >= 15 is 0 Å². The van der Waals surface area contributed by atoms with Crippen molar-refractivity contribution < 1.29 is 13.2 Å². The van der Waals surface area contributed by atoms with Crippen LogP contribution in [0.15, 0.2) is 21.7 Å². The second kappa shape index (κ2) is 5.40. The largest absolute Gasteiger partial charge is 0.334 e. The van der Waals surface area contributed by atoms with Gasteiger partial charge in [0.2, 0.25) is 0 Å². The molecule has 0 unspecified atom stereocenters. The zero-order chi connectivity index (χ0) is 15.9. The molecule has 1 N–H and O–H groups in total. The van der Waals surface area contributed by atoms with Crippen LogP contribution >= 0.6 is 11.6 Å². The molecule has 1 aromatic heterocycles. The summed E-state index contributed by atoms with van der Waals surface area (Å²) in [7, 11) is 0. The number of nitrogens with one attached hydrogen (secondary N) is 1. The smallest absolute Gasteiger partial charge is 0.297 e. The van der Waals surface area contributed by atoms with Gasteiger partial charge in [0.1, 0.15) is 5.15 Å². The summed E-state index contributed by atoms with van der Waals surface area (Å²) in [6, 6.07) is 1.44. The molecule has 1 heterocycles. The monoisotopic (exact) mass is 318 g/mol. The van der Waals surface area contributed by atoms with E-state index in [0.29, 0.717) is 10.6 Å². The van der Waals surface area contributed by atoms with Gasteiger partial charge in [-0.25, -0.2) is 22.5 Å². The highest BCUT2D eigenvalue weighted by Gasteiger charge is 2.21. The van der Waals surface area contributed by atoms with Gasteiger partial charge >= 0.3 is 5.69 Å². The number of H-pyrrole nitrogens is 1. The second-order valence-corrected chi connectivity index (χ2v) is 5.03. The summed E-state index contributed by atoms with van der Waals surface area (Å²) in [5, 5.41) is -0.167. The SMILES string of the molecule is CC(C)c1c(Cl)[nH]c(=O)n(-c2ccc(F)c(F)c2F)c1=O. The van der Waals surface area contributed by atoms with Crippen molar-refractivity contribution in [2.45, 2.75) is 19.8 Å². The molecule has 0 spiro atoms. The number of nitrogens with zero attached hydrogens (tertiary/aromatic N) is 1. The predicted octanol–water partition coefficient (Wildman–Crippen LogP) is 2.72. The molecular formula is C13H10ClF3N2O2. The van der Waals surface area contributed by atoms with E-state index in [0.717, 1.165) is 6.07 Å². The first-order valence-electron chi connectivity index (χ1n) is 5.94. The van der Waals surface area contributed by atoms with Crippen LogP contribution in [0.1, 0.15) is 25.3 Å². The second-order valence-electron chi connectivity index (χ2n) is 4.65. The summed E-state index contributed by atoms with van der Waals surface area (Å²) in [6.07, 6.45) is 0. The fourth-order valence-corrected chi connectivity index (χ4v) is 2.31. The number of rotatable bonds is 2. The fourth-order valence-electron chi connectivity index (χ4n) is 1.93. The van der Waals surface area contributed by atoms with E-state index in [-0.39, 0.29) is 16.6 Å². The predicted molar refractivity (Wildman–Crippen MR) is 71.6 cm³/mol. The van der Waals surface area contributed by atoms with E-state index in [4.69, 9.17) is 11.6 Å². The van der Waals surface area contributed by atoms with Crippen LogP contribution in [0.2, 0.25) is 5.15 Å². The first-order valence-corrected chi connectivity index (χ1v) is 6.32. The molecule has 0 saturated heterocycles. The quantitative estimate of drug-likeness (QED) is 0.684. The standard InChI is InChI=1S/C13H10ClF3N2O2/c1-5(2)8-11(14)18-13(21)19(12(8)20)7-4-3-6(15)9(16)10(7)17/h3-5H,1-2H3,(H,18,21). The average Bonchev–Trinajstić information content (AvgIpc) is 2.37. The van der Waals surface area contributed by atoms with Crippen LogP contribution in [0.3, 0.4) is 0 Å². The van der Waals surface area contributed by atoms with E-state index < -0.39 is 34.4 Å². The van der Waals surface area contributed by atoms with Crippen LogP contribution in [0.4, 0.5) is 13.2 Å². The first kappa shape index (κ1) is 15.4. The van der Waals surface area contributed by atoms with Crippen molar-refractivity contribution in [3.8, 4) is 5.69 Å². The van der Waals surface area contributed by atoms with Crippen molar-refractivity contribution >= 4 is 11.6 Å². The zero-order valence-electron chi connectivity index (χ0n) is 11.0. The Bertz CT molecular complexity index is 827. The molecule has 0 fully saturated rings. The van der Waals surface area contributed by atoms with E-state index in [1.54, 1.807) is 13.8 Å². The van der Waals surface area contributed by atoms with Crippen LogP contribution in [0.25, 0.3) is 5.69 Å². The molecule has 21 heavy (non-hydrogen) atoms. The molecule has 0 bridgehead atoms. The highest BCUT2D eigenvalue weighted by atomic mass is 35.5. The lowest BCUT2D eigenvalue weighted by Gasteiger charge is -2.12. The maximum absolute atomic E-state index is 13.8. The van der Waals surface area contributed by atoms with Crippen molar-refractivity contribution in [2.75, 3.05) is 0 Å². The summed E-state index contributed by atoms with van der Waals surface area (Å²) < 4.78 is 40.4. The van der Waals surface area contributed by atoms with Crippen LogP contribution in [-0.2, 0) is 0 Å². The Balaban J connectivity index is 2.89.